The van der Waals surface area contributed by atoms with E-state index in [0.717, 1.165) is 44.2 Å². The van der Waals surface area contributed by atoms with Crippen LogP contribution in [0.5, 0.6) is 5.75 Å². The number of ether oxygens (including phenoxy) is 1. The highest BCUT2D eigenvalue weighted by molar-refractivity contribution is 7.55. The summed E-state index contributed by atoms with van der Waals surface area (Å²) in [7, 11) is -4.10. The van der Waals surface area contributed by atoms with Gasteiger partial charge in [-0.2, -0.15) is 0 Å². The van der Waals surface area contributed by atoms with Crippen molar-refractivity contribution in [2.75, 3.05) is 0 Å². The summed E-state index contributed by atoms with van der Waals surface area (Å²) < 4.78 is 24.1. The summed E-state index contributed by atoms with van der Waals surface area (Å²) in [4.78, 5) is 33.8. The van der Waals surface area contributed by atoms with Gasteiger partial charge in [0, 0.05) is 12.1 Å². The third kappa shape index (κ3) is 7.08. The van der Waals surface area contributed by atoms with Gasteiger partial charge >= 0.3 is 19.6 Å². The topological polar surface area (TPSA) is 157 Å². The molecule has 1 aliphatic carbocycles. The summed E-state index contributed by atoms with van der Waals surface area (Å²) in [5.41, 5.74) is -0.193. The molecule has 2 rings (SSSR count). The van der Waals surface area contributed by atoms with Crippen LogP contribution in [-0.2, 0) is 18.9 Å². The zero-order chi connectivity index (χ0) is 22.3. The molecule has 0 heterocycles. The molecular weight excluding hydrogens is 417 g/mol. The van der Waals surface area contributed by atoms with Gasteiger partial charge in [0.25, 0.3) is 5.69 Å². The second-order valence-electron chi connectivity index (χ2n) is 7.13. The molecule has 3 unspecified atom stereocenters. The predicted octanol–water partition coefficient (Wildman–Crippen LogP) is 3.00. The number of benzene rings is 1. The Morgan fingerprint density at radius 2 is 1.70 bits per heavy atom. The van der Waals surface area contributed by atoms with Crippen LogP contribution >= 0.6 is 7.67 Å². The Bertz CT molecular complexity index is 810. The first-order chi connectivity index (χ1) is 14.1. The second kappa shape index (κ2) is 10.5. The van der Waals surface area contributed by atoms with Gasteiger partial charge in [-0.15, -0.1) is 0 Å². The Balaban J connectivity index is 2.11. The fourth-order valence-corrected chi connectivity index (χ4v) is 4.77. The molecular formula is C18H26N3O8P. The van der Waals surface area contributed by atoms with Gasteiger partial charge in [0.2, 0.25) is 0 Å². The van der Waals surface area contributed by atoms with Crippen molar-refractivity contribution < 1.29 is 33.4 Å². The lowest BCUT2D eigenvalue weighted by Crippen LogP contribution is -2.43. The molecule has 0 bridgehead atoms. The number of nitro benzene ring substituents is 1. The number of hydrogen-bond acceptors (Lipinski definition) is 7. The zero-order valence-electron chi connectivity index (χ0n) is 16.8. The van der Waals surface area contributed by atoms with Crippen LogP contribution in [0.25, 0.3) is 0 Å². The molecule has 12 heteroatoms. The van der Waals surface area contributed by atoms with Crippen LogP contribution in [-0.4, -0.2) is 40.2 Å². The van der Waals surface area contributed by atoms with Crippen molar-refractivity contribution in [1.29, 1.82) is 0 Å². The van der Waals surface area contributed by atoms with Crippen LogP contribution < -0.4 is 14.7 Å². The van der Waals surface area contributed by atoms with Crippen molar-refractivity contribution in [3.05, 3.63) is 34.4 Å². The summed E-state index contributed by atoms with van der Waals surface area (Å²) in [5.74, 6) is -1.91. The van der Waals surface area contributed by atoms with Crippen molar-refractivity contribution in [2.45, 2.75) is 64.1 Å². The van der Waals surface area contributed by atoms with Crippen molar-refractivity contribution >= 4 is 25.3 Å². The summed E-state index contributed by atoms with van der Waals surface area (Å²) in [6.07, 6.45) is 4.37. The van der Waals surface area contributed by atoms with E-state index in [2.05, 4.69) is 10.2 Å². The van der Waals surface area contributed by atoms with Crippen molar-refractivity contribution in [2.24, 2.45) is 0 Å². The highest BCUT2D eigenvalue weighted by atomic mass is 31.2. The predicted molar refractivity (Wildman–Crippen MR) is 107 cm³/mol. The molecule has 0 saturated heterocycles. The monoisotopic (exact) mass is 443 g/mol. The molecule has 0 amide bonds. The molecule has 11 nitrogen and oxygen atoms in total. The lowest BCUT2D eigenvalue weighted by molar-refractivity contribution is -0.384. The number of carboxylic acid groups (broad SMARTS) is 1. The molecule has 1 saturated carbocycles. The first kappa shape index (κ1) is 23.8. The highest BCUT2D eigenvalue weighted by Crippen LogP contribution is 2.40. The molecule has 1 fully saturated rings. The molecule has 1 aromatic carbocycles. The van der Waals surface area contributed by atoms with Crippen LogP contribution in [0.2, 0.25) is 0 Å². The summed E-state index contributed by atoms with van der Waals surface area (Å²) >= 11 is 0. The fraction of sp³-hybridized carbons (Fsp3) is 0.556. The minimum Gasteiger partial charge on any atom is -0.480 e. The normalized spacial score (nSPS) is 18.6. The largest absolute Gasteiger partial charge is 0.480 e. The Hall–Kier alpha value is -2.49. The van der Waals surface area contributed by atoms with Crippen molar-refractivity contribution in [3.63, 3.8) is 0 Å². The third-order valence-electron chi connectivity index (χ3n) is 4.57. The zero-order valence-corrected chi connectivity index (χ0v) is 17.7. The standard InChI is InChI=1S/C18H26N3O8P/c1-12(17(22)23)19-30(27,29-16-10-8-14(9-11-16)21(25)26)20-13(2)18(24)28-15-6-4-3-5-7-15/h8-13,15H,3-7H2,1-2H3,(H,22,23)(H2,19,20,27). The molecule has 166 valence electrons. The van der Waals surface area contributed by atoms with Crippen LogP contribution in [0.4, 0.5) is 5.69 Å². The first-order valence-corrected chi connectivity index (χ1v) is 11.2. The molecule has 0 aromatic heterocycles. The molecule has 0 spiro atoms. The Morgan fingerprint density at radius 1 is 1.13 bits per heavy atom. The molecule has 1 aliphatic rings. The number of rotatable bonds is 10. The number of nitro groups is 1. The van der Waals surface area contributed by atoms with Gasteiger partial charge in [-0.05, 0) is 51.7 Å². The lowest BCUT2D eigenvalue weighted by atomic mass is 9.98. The van der Waals surface area contributed by atoms with E-state index in [-0.39, 0.29) is 17.5 Å². The van der Waals surface area contributed by atoms with Crippen molar-refractivity contribution in [1.82, 2.24) is 10.2 Å². The second-order valence-corrected chi connectivity index (χ2v) is 8.93. The van der Waals surface area contributed by atoms with Gasteiger partial charge in [0.05, 0.1) is 4.92 Å². The Labute approximate surface area is 173 Å². The summed E-state index contributed by atoms with van der Waals surface area (Å²) in [6, 6.07) is 2.45. The van der Waals surface area contributed by atoms with E-state index in [1.54, 1.807) is 0 Å². The van der Waals surface area contributed by atoms with Gasteiger partial charge in [-0.3, -0.25) is 19.7 Å². The van der Waals surface area contributed by atoms with Gasteiger partial charge in [-0.1, -0.05) is 6.42 Å². The minimum atomic E-state index is -4.10. The number of non-ortho nitro benzene ring substituents is 1. The van der Waals surface area contributed by atoms with E-state index in [0.29, 0.717) is 0 Å². The number of carbonyl (C=O) groups is 2. The fourth-order valence-electron chi connectivity index (χ4n) is 2.93. The Kier molecular flexibility index (Phi) is 8.33. The maximum atomic E-state index is 13.3. The van der Waals surface area contributed by atoms with E-state index in [4.69, 9.17) is 14.4 Å². The maximum absolute atomic E-state index is 13.3. The van der Waals surface area contributed by atoms with Crippen LogP contribution in [0.1, 0.15) is 46.0 Å². The smallest absolute Gasteiger partial charge is 0.391 e. The molecule has 0 aliphatic heterocycles. The van der Waals surface area contributed by atoms with Crippen LogP contribution in [0, 0.1) is 10.1 Å². The first-order valence-electron chi connectivity index (χ1n) is 9.62. The molecule has 1 aromatic rings. The average molecular weight is 443 g/mol. The summed E-state index contributed by atoms with van der Waals surface area (Å²) in [5, 5.41) is 24.8. The number of aliphatic carboxylic acids is 1. The number of esters is 1. The highest BCUT2D eigenvalue weighted by Gasteiger charge is 2.34. The molecule has 3 N–H and O–H groups in total. The molecule has 3 atom stereocenters. The van der Waals surface area contributed by atoms with Gasteiger partial charge < -0.3 is 14.4 Å². The Morgan fingerprint density at radius 3 is 2.23 bits per heavy atom. The lowest BCUT2D eigenvalue weighted by Gasteiger charge is -2.27. The number of nitrogens with one attached hydrogen (secondary N) is 2. The number of carboxylic acids is 1. The van der Waals surface area contributed by atoms with E-state index < -0.39 is 36.6 Å². The number of hydrogen-bond donors (Lipinski definition) is 3. The van der Waals surface area contributed by atoms with Crippen LogP contribution in [0.3, 0.4) is 0 Å². The van der Waals surface area contributed by atoms with Gasteiger partial charge in [-0.25, -0.2) is 14.7 Å². The summed E-state index contributed by atoms with van der Waals surface area (Å²) in [6.45, 7) is 2.70. The minimum absolute atomic E-state index is 0.00521. The third-order valence-corrected chi connectivity index (χ3v) is 6.49. The van der Waals surface area contributed by atoms with E-state index >= 15 is 0 Å². The average Bonchev–Trinajstić information content (AvgIpc) is 2.68. The van der Waals surface area contributed by atoms with E-state index in [1.807, 2.05) is 0 Å². The quantitative estimate of drug-likeness (QED) is 0.212. The molecule has 0 radical (unpaired) electrons. The van der Waals surface area contributed by atoms with Crippen molar-refractivity contribution in [3.8, 4) is 5.75 Å². The molecule has 30 heavy (non-hydrogen) atoms. The van der Waals surface area contributed by atoms with Gasteiger partial charge in [0.1, 0.15) is 23.9 Å². The SMILES string of the molecule is CC(NP(=O)(NC(C)C(=O)OC1CCCCC1)Oc1ccc([N+](=O)[O-])cc1)C(=O)O. The number of nitrogens with zero attached hydrogens (tertiary/aromatic N) is 1. The van der Waals surface area contributed by atoms with E-state index in [1.165, 1.54) is 26.0 Å². The van der Waals surface area contributed by atoms with Crippen LogP contribution in [0.15, 0.2) is 24.3 Å². The van der Waals surface area contributed by atoms with E-state index in [9.17, 15) is 24.3 Å². The number of carbonyl (C=O) groups excluding carboxylic acids is 1. The van der Waals surface area contributed by atoms with Gasteiger partial charge in [0.15, 0.2) is 0 Å². The maximum Gasteiger partial charge on any atom is 0.391 e.